The molecule has 19 heavy (non-hydrogen) atoms. The smallest absolute Gasteiger partial charge is 0.328 e. The zero-order valence-corrected chi connectivity index (χ0v) is 10.4. The lowest BCUT2D eigenvalue weighted by Crippen LogP contribution is -2.20. The van der Waals surface area contributed by atoms with Crippen LogP contribution in [-0.2, 0) is 9.59 Å². The largest absolute Gasteiger partial charge is 0.493 e. The maximum Gasteiger partial charge on any atom is 0.328 e. The van der Waals surface area contributed by atoms with E-state index in [1.54, 1.807) is 0 Å². The minimum absolute atomic E-state index is 0.116. The van der Waals surface area contributed by atoms with Crippen molar-refractivity contribution in [2.45, 2.75) is 6.42 Å². The maximum atomic E-state index is 13.3. The molecule has 1 aromatic rings. The first kappa shape index (κ1) is 14.7. The van der Waals surface area contributed by atoms with Gasteiger partial charge < -0.3 is 15.2 Å². The quantitative estimate of drug-likeness (QED) is 0.765. The lowest BCUT2D eigenvalue weighted by atomic mass is 10.2. The summed E-state index contributed by atoms with van der Waals surface area (Å²) in [4.78, 5) is 21.3. The number of amides is 1. The van der Waals surface area contributed by atoms with Gasteiger partial charge in [0.25, 0.3) is 0 Å². The van der Waals surface area contributed by atoms with Crippen molar-refractivity contribution >= 4 is 18.0 Å². The number of rotatable bonds is 6. The number of carboxylic acid groups (broad SMARTS) is 1. The van der Waals surface area contributed by atoms with Crippen molar-refractivity contribution in [1.29, 1.82) is 0 Å². The summed E-state index contributed by atoms with van der Waals surface area (Å²) in [5.74, 6) is -1.59. The minimum Gasteiger partial charge on any atom is -0.493 e. The number of aliphatic carboxylic acids is 1. The topological polar surface area (TPSA) is 75.6 Å². The van der Waals surface area contributed by atoms with Crippen LogP contribution in [-0.4, -0.2) is 30.6 Å². The number of carboxylic acids is 1. The molecule has 102 valence electrons. The highest BCUT2D eigenvalue weighted by Gasteiger charge is 2.02. The van der Waals surface area contributed by atoms with Crippen molar-refractivity contribution in [3.05, 3.63) is 35.7 Å². The molecule has 0 aromatic heterocycles. The van der Waals surface area contributed by atoms with Gasteiger partial charge in [0.1, 0.15) is 11.6 Å². The summed E-state index contributed by atoms with van der Waals surface area (Å²) in [6.07, 6.45) is 2.33. The summed E-state index contributed by atoms with van der Waals surface area (Å²) in [6, 6.07) is 3.85. The Hall–Kier alpha value is -2.37. The molecule has 1 rings (SSSR count). The van der Waals surface area contributed by atoms with Crippen molar-refractivity contribution in [3.63, 3.8) is 0 Å². The van der Waals surface area contributed by atoms with Crippen LogP contribution in [0.3, 0.4) is 0 Å². The van der Waals surface area contributed by atoms with Crippen molar-refractivity contribution in [2.75, 3.05) is 13.7 Å². The summed E-state index contributed by atoms with van der Waals surface area (Å²) in [7, 11) is 1.51. The Morgan fingerprint density at radius 1 is 1.42 bits per heavy atom. The van der Waals surface area contributed by atoms with Gasteiger partial charge in [-0.3, -0.25) is 4.79 Å². The molecule has 0 atom stereocenters. The van der Waals surface area contributed by atoms with Crippen LogP contribution >= 0.6 is 0 Å². The predicted molar refractivity (Wildman–Crippen MR) is 67.2 cm³/mol. The Morgan fingerprint density at radius 2 is 2.16 bits per heavy atom. The first-order valence-corrected chi connectivity index (χ1v) is 5.56. The molecule has 0 unspecified atom stereocenters. The SMILES string of the molecule is CNC(=O)CCOc1cc(F)cc(/C=C/C(=O)O)c1. The van der Waals surface area contributed by atoms with Gasteiger partial charge in [0.15, 0.2) is 0 Å². The van der Waals surface area contributed by atoms with Crippen molar-refractivity contribution < 1.29 is 23.8 Å². The minimum atomic E-state index is -1.12. The van der Waals surface area contributed by atoms with Gasteiger partial charge in [0.05, 0.1) is 13.0 Å². The second-order valence-corrected chi connectivity index (χ2v) is 3.66. The van der Waals surface area contributed by atoms with Crippen LogP contribution in [0.2, 0.25) is 0 Å². The third kappa shape index (κ3) is 5.67. The van der Waals surface area contributed by atoms with Crippen LogP contribution in [0.5, 0.6) is 5.75 Å². The zero-order chi connectivity index (χ0) is 14.3. The van der Waals surface area contributed by atoms with Gasteiger partial charge >= 0.3 is 5.97 Å². The van der Waals surface area contributed by atoms with E-state index < -0.39 is 11.8 Å². The molecule has 0 saturated heterocycles. The van der Waals surface area contributed by atoms with Gasteiger partial charge in [-0.05, 0) is 23.8 Å². The molecule has 5 nitrogen and oxygen atoms in total. The summed E-state index contributed by atoms with van der Waals surface area (Å²) in [5.41, 5.74) is 0.373. The fourth-order valence-corrected chi connectivity index (χ4v) is 1.32. The van der Waals surface area contributed by atoms with Gasteiger partial charge in [0.2, 0.25) is 5.91 Å². The molecule has 0 aliphatic carbocycles. The molecule has 0 heterocycles. The summed E-state index contributed by atoms with van der Waals surface area (Å²) in [5, 5.41) is 10.9. The molecular formula is C13H14FNO4. The average molecular weight is 267 g/mol. The van der Waals surface area contributed by atoms with Gasteiger partial charge in [-0.2, -0.15) is 0 Å². The first-order chi connectivity index (χ1) is 9.01. The van der Waals surface area contributed by atoms with Crippen LogP contribution in [0.15, 0.2) is 24.3 Å². The summed E-state index contributed by atoms with van der Waals surface area (Å²) in [6.45, 7) is 0.116. The number of halogens is 1. The van der Waals surface area contributed by atoms with E-state index in [-0.39, 0.29) is 24.7 Å². The number of benzene rings is 1. The van der Waals surface area contributed by atoms with E-state index in [4.69, 9.17) is 9.84 Å². The van der Waals surface area contributed by atoms with Crippen LogP contribution < -0.4 is 10.1 Å². The van der Waals surface area contributed by atoms with Gasteiger partial charge in [-0.15, -0.1) is 0 Å². The molecule has 0 aliphatic heterocycles. The molecular weight excluding hydrogens is 253 g/mol. The number of carbonyl (C=O) groups excluding carboxylic acids is 1. The third-order valence-corrected chi connectivity index (χ3v) is 2.19. The molecule has 0 radical (unpaired) electrons. The highest BCUT2D eigenvalue weighted by atomic mass is 19.1. The fraction of sp³-hybridized carbons (Fsp3) is 0.231. The number of carbonyl (C=O) groups is 2. The van der Waals surface area contributed by atoms with Crippen molar-refractivity contribution in [3.8, 4) is 5.75 Å². The Balaban J connectivity index is 2.68. The van der Waals surface area contributed by atoms with Crippen LogP contribution in [0.4, 0.5) is 4.39 Å². The molecule has 0 spiro atoms. The van der Waals surface area contributed by atoms with Gasteiger partial charge in [0, 0.05) is 19.2 Å². The molecule has 0 aliphatic rings. The number of hydrogen-bond acceptors (Lipinski definition) is 3. The Kier molecular flexibility index (Phi) is 5.53. The van der Waals surface area contributed by atoms with Gasteiger partial charge in [-0.25, -0.2) is 9.18 Å². The van der Waals surface area contributed by atoms with Crippen molar-refractivity contribution in [1.82, 2.24) is 5.32 Å². The molecule has 0 saturated carbocycles. The lowest BCUT2D eigenvalue weighted by Gasteiger charge is -2.06. The Morgan fingerprint density at radius 3 is 2.79 bits per heavy atom. The molecule has 2 N–H and O–H groups in total. The zero-order valence-electron chi connectivity index (χ0n) is 10.4. The first-order valence-electron chi connectivity index (χ1n) is 5.56. The summed E-state index contributed by atoms with van der Waals surface area (Å²) < 4.78 is 18.5. The van der Waals surface area contributed by atoms with Crippen LogP contribution in [0.25, 0.3) is 6.08 Å². The molecule has 6 heteroatoms. The van der Waals surface area contributed by atoms with E-state index in [1.807, 2.05) is 0 Å². The molecule has 0 fully saturated rings. The number of ether oxygens (including phenoxy) is 1. The average Bonchev–Trinajstić information content (AvgIpc) is 2.35. The lowest BCUT2D eigenvalue weighted by molar-refractivity contribution is -0.131. The predicted octanol–water partition coefficient (Wildman–Crippen LogP) is 1.44. The van der Waals surface area contributed by atoms with E-state index >= 15 is 0 Å². The molecule has 1 aromatic carbocycles. The standard InChI is InChI=1S/C13H14FNO4/c1-15-12(16)4-5-19-11-7-9(2-3-13(17)18)6-10(14)8-11/h2-3,6-8H,4-5H2,1H3,(H,15,16)(H,17,18)/b3-2+. The van der Waals surface area contributed by atoms with E-state index in [1.165, 1.54) is 31.3 Å². The van der Waals surface area contributed by atoms with Gasteiger partial charge in [-0.1, -0.05) is 0 Å². The second kappa shape index (κ2) is 7.15. The Bertz CT molecular complexity index is 499. The highest BCUT2D eigenvalue weighted by Crippen LogP contribution is 2.17. The van der Waals surface area contributed by atoms with E-state index in [9.17, 15) is 14.0 Å². The number of hydrogen-bond donors (Lipinski definition) is 2. The normalized spacial score (nSPS) is 10.4. The molecule has 1 amide bonds. The fourth-order valence-electron chi connectivity index (χ4n) is 1.32. The van der Waals surface area contributed by atoms with E-state index in [0.29, 0.717) is 5.56 Å². The maximum absolute atomic E-state index is 13.3. The van der Waals surface area contributed by atoms with Crippen molar-refractivity contribution in [2.24, 2.45) is 0 Å². The molecule has 0 bridgehead atoms. The van der Waals surface area contributed by atoms with E-state index in [2.05, 4.69) is 5.32 Å². The Labute approximate surface area is 109 Å². The second-order valence-electron chi connectivity index (χ2n) is 3.66. The van der Waals surface area contributed by atoms with Crippen LogP contribution in [0, 0.1) is 5.82 Å². The number of nitrogens with one attached hydrogen (secondary N) is 1. The monoisotopic (exact) mass is 267 g/mol. The van der Waals surface area contributed by atoms with E-state index in [0.717, 1.165) is 6.08 Å². The van der Waals surface area contributed by atoms with Crippen LogP contribution in [0.1, 0.15) is 12.0 Å². The summed E-state index contributed by atoms with van der Waals surface area (Å²) >= 11 is 0. The third-order valence-electron chi connectivity index (χ3n) is 2.19. The highest BCUT2D eigenvalue weighted by molar-refractivity contribution is 5.85.